The van der Waals surface area contributed by atoms with Crippen LogP contribution < -0.4 is 5.73 Å². The summed E-state index contributed by atoms with van der Waals surface area (Å²) in [6, 6.07) is 13.4. The second-order valence-corrected chi connectivity index (χ2v) is 7.83. The van der Waals surface area contributed by atoms with Crippen molar-refractivity contribution in [3.05, 3.63) is 71.4 Å². The Morgan fingerprint density at radius 2 is 1.64 bits per heavy atom. The molecule has 25 heavy (non-hydrogen) atoms. The van der Waals surface area contributed by atoms with Gasteiger partial charge in [0.25, 0.3) is 0 Å². The molecule has 6 nitrogen and oxygen atoms in total. The van der Waals surface area contributed by atoms with Gasteiger partial charge in [0.05, 0.1) is 22.3 Å². The van der Waals surface area contributed by atoms with Crippen molar-refractivity contribution in [2.75, 3.05) is 12.0 Å². The van der Waals surface area contributed by atoms with E-state index in [0.717, 1.165) is 11.8 Å². The maximum atomic E-state index is 12.6. The van der Waals surface area contributed by atoms with Crippen molar-refractivity contribution in [3.63, 3.8) is 0 Å². The molecule has 0 aliphatic carbocycles. The lowest BCUT2D eigenvalue weighted by atomic mass is 10.0. The fourth-order valence-corrected chi connectivity index (χ4v) is 3.06. The zero-order valence-electron chi connectivity index (χ0n) is 13.8. The second kappa shape index (κ2) is 6.18. The van der Waals surface area contributed by atoms with Gasteiger partial charge in [0.1, 0.15) is 5.82 Å². The van der Waals surface area contributed by atoms with E-state index in [1.807, 2.05) is 19.1 Å². The highest BCUT2D eigenvalue weighted by molar-refractivity contribution is 7.90. The molecule has 0 amide bonds. The molecule has 3 rings (SSSR count). The zero-order chi connectivity index (χ0) is 18.2. The third kappa shape index (κ3) is 3.32. The second-order valence-electron chi connectivity index (χ2n) is 5.82. The molecule has 0 spiro atoms. The fourth-order valence-electron chi connectivity index (χ4n) is 2.43. The Labute approximate surface area is 145 Å². The van der Waals surface area contributed by atoms with Gasteiger partial charge in [0.2, 0.25) is 0 Å². The van der Waals surface area contributed by atoms with Crippen LogP contribution in [0.1, 0.15) is 21.5 Å². The van der Waals surface area contributed by atoms with Crippen LogP contribution >= 0.6 is 0 Å². The summed E-state index contributed by atoms with van der Waals surface area (Å²) in [5.41, 5.74) is 8.56. The average molecular weight is 355 g/mol. The van der Waals surface area contributed by atoms with Crippen molar-refractivity contribution in [3.8, 4) is 5.69 Å². The van der Waals surface area contributed by atoms with Gasteiger partial charge in [-0.3, -0.25) is 4.79 Å². The monoisotopic (exact) mass is 355 g/mol. The highest BCUT2D eigenvalue weighted by Crippen LogP contribution is 2.21. The smallest absolute Gasteiger partial charge is 0.198 e. The molecule has 128 valence electrons. The fraction of sp³-hybridized carbons (Fsp3) is 0.111. The predicted molar refractivity (Wildman–Crippen MR) is 95.7 cm³/mol. The molecule has 0 saturated carbocycles. The van der Waals surface area contributed by atoms with E-state index in [4.69, 9.17) is 5.73 Å². The largest absolute Gasteiger partial charge is 0.383 e. The van der Waals surface area contributed by atoms with Crippen LogP contribution in [0.25, 0.3) is 5.69 Å². The average Bonchev–Trinajstić information content (AvgIpc) is 2.96. The van der Waals surface area contributed by atoms with Crippen molar-refractivity contribution in [2.45, 2.75) is 11.8 Å². The van der Waals surface area contributed by atoms with Crippen LogP contribution in [0.4, 0.5) is 5.82 Å². The Bertz CT molecular complexity index is 1030. The summed E-state index contributed by atoms with van der Waals surface area (Å²) in [4.78, 5) is 12.8. The summed E-state index contributed by atoms with van der Waals surface area (Å²) in [5, 5.41) is 4.16. The number of aryl methyl sites for hydroxylation is 1. The van der Waals surface area contributed by atoms with Gasteiger partial charge in [-0.05, 0) is 31.2 Å². The van der Waals surface area contributed by atoms with Gasteiger partial charge in [0.15, 0.2) is 15.6 Å². The lowest BCUT2D eigenvalue weighted by molar-refractivity contribution is 0.103. The van der Waals surface area contributed by atoms with E-state index < -0.39 is 9.84 Å². The number of anilines is 1. The third-order valence-electron chi connectivity index (χ3n) is 3.87. The summed E-state index contributed by atoms with van der Waals surface area (Å²) in [6.07, 6.45) is 2.56. The van der Waals surface area contributed by atoms with E-state index in [9.17, 15) is 13.2 Å². The third-order valence-corrected chi connectivity index (χ3v) is 5.00. The van der Waals surface area contributed by atoms with E-state index in [-0.39, 0.29) is 16.5 Å². The van der Waals surface area contributed by atoms with Gasteiger partial charge >= 0.3 is 0 Å². The van der Waals surface area contributed by atoms with Gasteiger partial charge in [-0.2, -0.15) is 5.10 Å². The first-order valence-electron chi connectivity index (χ1n) is 7.53. The van der Waals surface area contributed by atoms with Gasteiger partial charge in [-0.25, -0.2) is 13.1 Å². The molecule has 3 aromatic rings. The molecular weight excluding hydrogens is 338 g/mol. The summed E-state index contributed by atoms with van der Waals surface area (Å²) >= 11 is 0. The normalized spacial score (nSPS) is 11.4. The van der Waals surface area contributed by atoms with Crippen molar-refractivity contribution in [2.24, 2.45) is 0 Å². The number of benzene rings is 2. The molecule has 0 unspecified atom stereocenters. The molecule has 2 N–H and O–H groups in total. The molecule has 0 aliphatic heterocycles. The first-order chi connectivity index (χ1) is 11.8. The minimum absolute atomic E-state index is 0.206. The number of hydrogen-bond donors (Lipinski definition) is 1. The van der Waals surface area contributed by atoms with Crippen molar-refractivity contribution in [1.29, 1.82) is 0 Å². The van der Waals surface area contributed by atoms with Crippen LogP contribution in [-0.4, -0.2) is 30.2 Å². The molecule has 2 aromatic carbocycles. The van der Waals surface area contributed by atoms with Crippen molar-refractivity contribution in [1.82, 2.24) is 9.78 Å². The number of aromatic nitrogens is 2. The van der Waals surface area contributed by atoms with Crippen LogP contribution in [-0.2, 0) is 9.84 Å². The molecule has 0 saturated heterocycles. The van der Waals surface area contributed by atoms with Crippen LogP contribution in [0.15, 0.2) is 59.6 Å². The number of carbonyl (C=O) groups excluding carboxylic acids is 1. The van der Waals surface area contributed by atoms with Crippen LogP contribution in [0.5, 0.6) is 0 Å². The molecule has 0 aliphatic rings. The van der Waals surface area contributed by atoms with E-state index in [1.165, 1.54) is 23.0 Å². The molecule has 1 aromatic heterocycles. The Kier molecular flexibility index (Phi) is 4.18. The quantitative estimate of drug-likeness (QED) is 0.725. The topological polar surface area (TPSA) is 95.0 Å². The Morgan fingerprint density at radius 1 is 1.04 bits per heavy atom. The SMILES string of the molecule is Cc1ccc(C(=O)c2cnn(-c3ccc(S(C)(=O)=O)cc3)c2N)cc1. The first kappa shape index (κ1) is 16.9. The highest BCUT2D eigenvalue weighted by Gasteiger charge is 2.18. The minimum Gasteiger partial charge on any atom is -0.383 e. The number of nitrogens with zero attached hydrogens (tertiary/aromatic N) is 2. The van der Waals surface area contributed by atoms with Gasteiger partial charge in [-0.1, -0.05) is 29.8 Å². The highest BCUT2D eigenvalue weighted by atomic mass is 32.2. The van der Waals surface area contributed by atoms with Crippen LogP contribution in [0.3, 0.4) is 0 Å². The molecule has 0 atom stereocenters. The molecule has 0 bridgehead atoms. The predicted octanol–water partition coefficient (Wildman–Crippen LogP) is 2.40. The number of nitrogen functional groups attached to an aromatic ring is 1. The Morgan fingerprint density at radius 3 is 2.20 bits per heavy atom. The maximum absolute atomic E-state index is 12.6. The van der Waals surface area contributed by atoms with E-state index >= 15 is 0 Å². The number of nitrogens with two attached hydrogens (primary N) is 1. The summed E-state index contributed by atoms with van der Waals surface area (Å²) in [7, 11) is -3.27. The number of hydrogen-bond acceptors (Lipinski definition) is 5. The molecule has 0 radical (unpaired) electrons. The number of sulfone groups is 1. The summed E-state index contributed by atoms with van der Waals surface area (Å²) < 4.78 is 24.5. The van der Waals surface area contributed by atoms with E-state index in [0.29, 0.717) is 16.8 Å². The molecule has 1 heterocycles. The number of carbonyl (C=O) groups is 1. The summed E-state index contributed by atoms with van der Waals surface area (Å²) in [5.74, 6) is -0.00538. The lowest BCUT2D eigenvalue weighted by Gasteiger charge is -2.06. The standard InChI is InChI=1S/C18H17N3O3S/c1-12-3-5-13(6-4-12)17(22)16-11-20-21(18(16)19)14-7-9-15(10-8-14)25(2,23)24/h3-11H,19H2,1-2H3. The Hall–Kier alpha value is -2.93. The van der Waals surface area contributed by atoms with Gasteiger partial charge in [-0.15, -0.1) is 0 Å². The van der Waals surface area contributed by atoms with E-state index in [1.54, 1.807) is 24.3 Å². The molecule has 0 fully saturated rings. The van der Waals surface area contributed by atoms with Crippen molar-refractivity contribution >= 4 is 21.4 Å². The Balaban J connectivity index is 1.96. The lowest BCUT2D eigenvalue weighted by Crippen LogP contribution is -2.07. The minimum atomic E-state index is -3.27. The van der Waals surface area contributed by atoms with Gasteiger partial charge in [0, 0.05) is 11.8 Å². The number of rotatable bonds is 4. The maximum Gasteiger partial charge on any atom is 0.198 e. The van der Waals surface area contributed by atoms with Gasteiger partial charge < -0.3 is 5.73 Å². The van der Waals surface area contributed by atoms with Crippen molar-refractivity contribution < 1.29 is 13.2 Å². The van der Waals surface area contributed by atoms with Crippen LogP contribution in [0.2, 0.25) is 0 Å². The molecular formula is C18H17N3O3S. The first-order valence-corrected chi connectivity index (χ1v) is 9.42. The zero-order valence-corrected chi connectivity index (χ0v) is 14.6. The molecule has 7 heteroatoms. The number of ketones is 1. The summed E-state index contributed by atoms with van der Waals surface area (Å²) in [6.45, 7) is 1.95. The van der Waals surface area contributed by atoms with E-state index in [2.05, 4.69) is 5.10 Å². The van der Waals surface area contributed by atoms with Crippen LogP contribution in [0, 0.1) is 6.92 Å².